The van der Waals surface area contributed by atoms with Crippen molar-refractivity contribution in [1.82, 2.24) is 9.88 Å². The Morgan fingerprint density at radius 3 is 2.52 bits per heavy atom. The maximum absolute atomic E-state index is 12.4. The summed E-state index contributed by atoms with van der Waals surface area (Å²) in [5.74, 6) is -0.938. The number of carbonyl (C=O) groups excluding carboxylic acids is 3. The molecular weight excluding hydrogens is 290 g/mol. The summed E-state index contributed by atoms with van der Waals surface area (Å²) in [5, 5.41) is 4.82. The average molecular weight is 303 g/mol. The summed E-state index contributed by atoms with van der Waals surface area (Å²) in [6.45, 7) is -0.219. The molecule has 2 aliphatic carbocycles. The molecule has 0 aromatic carbocycles. The second kappa shape index (κ2) is 4.49. The van der Waals surface area contributed by atoms with Crippen LogP contribution in [0, 0.1) is 23.7 Å². The maximum Gasteiger partial charge on any atom is 0.246 e. The first-order valence-corrected chi connectivity index (χ1v) is 7.76. The van der Waals surface area contributed by atoms with Crippen LogP contribution < -0.4 is 5.32 Å². The molecule has 0 unspecified atom stereocenters. The minimum Gasteiger partial charge on any atom is -0.300 e. The van der Waals surface area contributed by atoms with Crippen molar-refractivity contribution in [3.8, 4) is 0 Å². The van der Waals surface area contributed by atoms with Crippen LogP contribution in [0.3, 0.4) is 0 Å². The van der Waals surface area contributed by atoms with Gasteiger partial charge in [0.25, 0.3) is 0 Å². The number of imide groups is 1. The smallest absolute Gasteiger partial charge is 0.246 e. The highest BCUT2D eigenvalue weighted by molar-refractivity contribution is 7.13. The molecule has 3 aliphatic rings. The fourth-order valence-corrected chi connectivity index (χ4v) is 4.25. The predicted molar refractivity (Wildman–Crippen MR) is 75.2 cm³/mol. The Labute approximate surface area is 124 Å². The largest absolute Gasteiger partial charge is 0.300 e. The van der Waals surface area contributed by atoms with Crippen LogP contribution in [-0.4, -0.2) is 34.2 Å². The number of thiazole rings is 1. The van der Waals surface area contributed by atoms with Crippen molar-refractivity contribution in [3.63, 3.8) is 0 Å². The molecule has 1 aromatic heterocycles. The number of rotatable bonds is 3. The number of hydrogen-bond donors (Lipinski definition) is 1. The molecular formula is C14H13N3O3S. The number of nitrogens with one attached hydrogen (secondary N) is 1. The van der Waals surface area contributed by atoms with Crippen LogP contribution in [-0.2, 0) is 14.4 Å². The van der Waals surface area contributed by atoms with Gasteiger partial charge < -0.3 is 5.32 Å². The van der Waals surface area contributed by atoms with Crippen molar-refractivity contribution in [3.05, 3.63) is 23.7 Å². The number of nitrogens with zero attached hydrogens (tertiary/aromatic N) is 2. The van der Waals surface area contributed by atoms with Crippen LogP contribution in [0.5, 0.6) is 0 Å². The minimum atomic E-state index is -0.382. The Balaban J connectivity index is 1.48. The van der Waals surface area contributed by atoms with Gasteiger partial charge in [-0.2, -0.15) is 0 Å². The third-order valence-corrected chi connectivity index (χ3v) is 5.23. The zero-order valence-electron chi connectivity index (χ0n) is 11.1. The standard InChI is InChI=1S/C14H13N3O3S/c18-9(16-14-15-3-4-21-14)6-17-12(19)10-7-1-2-8(5-7)11(10)13(17)20/h1-4,7-8,10-11H,5-6H2,(H,15,16,18)/t7-,8-,10-,11+/m1/s1. The van der Waals surface area contributed by atoms with E-state index in [0.717, 1.165) is 11.3 Å². The first kappa shape index (κ1) is 12.7. The Morgan fingerprint density at radius 1 is 1.29 bits per heavy atom. The van der Waals surface area contributed by atoms with Crippen LogP contribution in [0.4, 0.5) is 5.13 Å². The molecule has 2 heterocycles. The molecule has 108 valence electrons. The minimum absolute atomic E-state index is 0.170. The zero-order valence-corrected chi connectivity index (χ0v) is 11.9. The molecule has 21 heavy (non-hydrogen) atoms. The number of hydrogen-bond acceptors (Lipinski definition) is 5. The number of allylic oxidation sites excluding steroid dienone is 2. The van der Waals surface area contributed by atoms with E-state index >= 15 is 0 Å². The first-order chi connectivity index (χ1) is 10.1. The molecule has 2 fully saturated rings. The molecule has 0 radical (unpaired) electrons. The third-order valence-electron chi connectivity index (χ3n) is 4.54. The number of aromatic nitrogens is 1. The van der Waals surface area contributed by atoms with Gasteiger partial charge in [0.2, 0.25) is 17.7 Å². The fraction of sp³-hybridized carbons (Fsp3) is 0.429. The summed E-state index contributed by atoms with van der Waals surface area (Å²) in [7, 11) is 0. The van der Waals surface area contributed by atoms with Gasteiger partial charge >= 0.3 is 0 Å². The number of carbonyl (C=O) groups is 3. The van der Waals surface area contributed by atoms with Crippen molar-refractivity contribution in [2.24, 2.45) is 23.7 Å². The SMILES string of the molecule is O=C(CN1C(=O)[C@@H]2[C@H](C1=O)[C@@H]1C=C[C@@H]2C1)Nc1nccs1. The lowest BCUT2D eigenvalue weighted by molar-refractivity contribution is -0.143. The Kier molecular flexibility index (Phi) is 2.72. The fourth-order valence-electron chi connectivity index (χ4n) is 3.71. The van der Waals surface area contributed by atoms with Gasteiger partial charge in [-0.15, -0.1) is 11.3 Å². The van der Waals surface area contributed by atoms with Crippen molar-refractivity contribution in [2.45, 2.75) is 6.42 Å². The third kappa shape index (κ3) is 1.84. The van der Waals surface area contributed by atoms with Crippen molar-refractivity contribution < 1.29 is 14.4 Å². The summed E-state index contributed by atoms with van der Waals surface area (Å²) in [6, 6.07) is 0. The lowest BCUT2D eigenvalue weighted by Gasteiger charge is -2.16. The van der Waals surface area contributed by atoms with Crippen LogP contribution in [0.1, 0.15) is 6.42 Å². The first-order valence-electron chi connectivity index (χ1n) is 6.88. The van der Waals surface area contributed by atoms with Gasteiger partial charge in [-0.3, -0.25) is 19.3 Å². The highest BCUT2D eigenvalue weighted by Gasteiger charge is 2.59. The van der Waals surface area contributed by atoms with Crippen molar-refractivity contribution in [1.29, 1.82) is 0 Å². The van der Waals surface area contributed by atoms with Crippen LogP contribution >= 0.6 is 11.3 Å². The van der Waals surface area contributed by atoms with E-state index in [1.54, 1.807) is 11.6 Å². The van der Waals surface area contributed by atoms with Gasteiger partial charge in [-0.1, -0.05) is 12.2 Å². The highest BCUT2D eigenvalue weighted by atomic mass is 32.1. The lowest BCUT2D eigenvalue weighted by Crippen LogP contribution is -2.39. The summed E-state index contributed by atoms with van der Waals surface area (Å²) in [4.78, 5) is 41.8. The monoisotopic (exact) mass is 303 g/mol. The normalized spacial score (nSPS) is 32.9. The topological polar surface area (TPSA) is 79.4 Å². The highest BCUT2D eigenvalue weighted by Crippen LogP contribution is 2.52. The molecule has 4 rings (SSSR count). The van der Waals surface area contributed by atoms with Gasteiger partial charge in [-0.25, -0.2) is 4.98 Å². The van der Waals surface area contributed by atoms with Crippen molar-refractivity contribution in [2.75, 3.05) is 11.9 Å². The molecule has 6 nitrogen and oxygen atoms in total. The number of anilines is 1. The van der Waals surface area contributed by atoms with E-state index in [-0.39, 0.29) is 47.9 Å². The molecule has 1 N–H and O–H groups in total. The Hall–Kier alpha value is -2.02. The molecule has 1 aromatic rings. The molecule has 4 atom stereocenters. The van der Waals surface area contributed by atoms with Crippen LogP contribution in [0.25, 0.3) is 0 Å². The van der Waals surface area contributed by atoms with E-state index in [1.807, 2.05) is 12.2 Å². The van der Waals surface area contributed by atoms with Gasteiger partial charge in [0, 0.05) is 11.6 Å². The van der Waals surface area contributed by atoms with Gasteiger partial charge in [0.1, 0.15) is 6.54 Å². The van der Waals surface area contributed by atoms with Crippen LogP contribution in [0.2, 0.25) is 0 Å². The van der Waals surface area contributed by atoms with E-state index in [9.17, 15) is 14.4 Å². The second-order valence-corrected chi connectivity index (χ2v) is 6.54. The molecule has 0 spiro atoms. The molecule has 1 saturated carbocycles. The molecule has 7 heteroatoms. The summed E-state index contributed by atoms with van der Waals surface area (Å²) in [6.07, 6.45) is 6.55. The number of likely N-dealkylation sites (tertiary alicyclic amines) is 1. The molecule has 1 aliphatic heterocycles. The average Bonchev–Trinajstić information content (AvgIpc) is 3.20. The van der Waals surface area contributed by atoms with E-state index in [4.69, 9.17) is 0 Å². The van der Waals surface area contributed by atoms with Crippen molar-refractivity contribution >= 4 is 34.2 Å². The quantitative estimate of drug-likeness (QED) is 0.664. The van der Waals surface area contributed by atoms with Gasteiger partial charge in [-0.05, 0) is 18.3 Å². The predicted octanol–water partition coefficient (Wildman–Crippen LogP) is 0.889. The van der Waals surface area contributed by atoms with E-state index in [1.165, 1.54) is 11.3 Å². The lowest BCUT2D eigenvalue weighted by atomic mass is 9.85. The summed E-state index contributed by atoms with van der Waals surface area (Å²) in [5.41, 5.74) is 0. The van der Waals surface area contributed by atoms with Gasteiger partial charge in [0.15, 0.2) is 5.13 Å². The second-order valence-electron chi connectivity index (χ2n) is 5.65. The number of fused-ring (bicyclic) bond motifs is 5. The van der Waals surface area contributed by atoms with E-state index in [0.29, 0.717) is 5.13 Å². The maximum atomic E-state index is 12.4. The van der Waals surface area contributed by atoms with Crippen LogP contribution in [0.15, 0.2) is 23.7 Å². The summed E-state index contributed by atoms with van der Waals surface area (Å²) < 4.78 is 0. The number of amides is 3. The molecule has 1 saturated heterocycles. The van der Waals surface area contributed by atoms with Gasteiger partial charge in [0.05, 0.1) is 11.8 Å². The van der Waals surface area contributed by atoms with E-state index < -0.39 is 0 Å². The Morgan fingerprint density at radius 2 is 1.95 bits per heavy atom. The molecule has 2 bridgehead atoms. The zero-order chi connectivity index (χ0) is 14.6. The molecule has 3 amide bonds. The Bertz CT molecular complexity index is 624. The summed E-state index contributed by atoms with van der Waals surface area (Å²) >= 11 is 1.30. The van der Waals surface area contributed by atoms with E-state index in [2.05, 4.69) is 10.3 Å².